The van der Waals surface area contributed by atoms with Crippen molar-refractivity contribution in [2.24, 2.45) is 0 Å². The van der Waals surface area contributed by atoms with Crippen LogP contribution in [0.25, 0.3) is 0 Å². The van der Waals surface area contributed by atoms with Crippen LogP contribution in [0.5, 0.6) is 5.75 Å². The average molecular weight is 289 g/mol. The normalized spacial score (nSPS) is 35.3. The molecule has 0 aromatic heterocycles. The van der Waals surface area contributed by atoms with Crippen LogP contribution in [0, 0.1) is 0 Å². The zero-order valence-electron chi connectivity index (χ0n) is 13.4. The monoisotopic (exact) mass is 289 g/mol. The smallest absolute Gasteiger partial charge is 0.124 e. The lowest BCUT2D eigenvalue weighted by atomic mass is 9.75. The fourth-order valence-electron chi connectivity index (χ4n) is 3.84. The lowest BCUT2D eigenvalue weighted by Gasteiger charge is -2.50. The van der Waals surface area contributed by atoms with Crippen molar-refractivity contribution < 1.29 is 9.47 Å². The molecule has 1 N–H and O–H groups in total. The van der Waals surface area contributed by atoms with Crippen LogP contribution in [0.1, 0.15) is 58.1 Å². The van der Waals surface area contributed by atoms with Gasteiger partial charge in [-0.1, -0.05) is 32.0 Å². The molecule has 0 bridgehead atoms. The van der Waals surface area contributed by atoms with Crippen molar-refractivity contribution in [2.45, 2.75) is 63.7 Å². The van der Waals surface area contributed by atoms with Crippen molar-refractivity contribution >= 4 is 0 Å². The van der Waals surface area contributed by atoms with E-state index in [1.165, 1.54) is 5.56 Å². The van der Waals surface area contributed by atoms with Crippen LogP contribution >= 0.6 is 0 Å². The van der Waals surface area contributed by atoms with Gasteiger partial charge in [-0.3, -0.25) is 0 Å². The van der Waals surface area contributed by atoms with Crippen molar-refractivity contribution in [2.75, 3.05) is 13.2 Å². The Bertz CT molecular complexity index is 504. The maximum Gasteiger partial charge on any atom is 0.124 e. The minimum Gasteiger partial charge on any atom is -0.487 e. The summed E-state index contributed by atoms with van der Waals surface area (Å²) in [4.78, 5) is 0. The molecule has 2 aliphatic heterocycles. The van der Waals surface area contributed by atoms with Crippen LogP contribution in [0.3, 0.4) is 0 Å². The summed E-state index contributed by atoms with van der Waals surface area (Å²) in [6.07, 6.45) is 4.04. The van der Waals surface area contributed by atoms with Gasteiger partial charge in [0.1, 0.15) is 11.4 Å². The van der Waals surface area contributed by atoms with Crippen molar-refractivity contribution in [3.63, 3.8) is 0 Å². The lowest BCUT2D eigenvalue weighted by molar-refractivity contribution is -0.152. The minimum atomic E-state index is -0.0792. The first kappa shape index (κ1) is 14.9. The Kier molecular flexibility index (Phi) is 3.98. The maximum atomic E-state index is 6.51. The van der Waals surface area contributed by atoms with E-state index in [-0.39, 0.29) is 11.2 Å². The van der Waals surface area contributed by atoms with Crippen molar-refractivity contribution in [1.29, 1.82) is 0 Å². The first-order chi connectivity index (χ1) is 10.1. The van der Waals surface area contributed by atoms with Gasteiger partial charge in [-0.05, 0) is 26.0 Å². The Balaban J connectivity index is 1.92. The quantitative estimate of drug-likeness (QED) is 0.917. The molecule has 116 valence electrons. The third-order valence-electron chi connectivity index (χ3n) is 5.10. The van der Waals surface area contributed by atoms with Crippen molar-refractivity contribution in [3.8, 4) is 5.75 Å². The van der Waals surface area contributed by atoms with Crippen LogP contribution in [0.2, 0.25) is 0 Å². The minimum absolute atomic E-state index is 0.0543. The summed E-state index contributed by atoms with van der Waals surface area (Å²) in [5.74, 6) is 1.05. The van der Waals surface area contributed by atoms with Crippen LogP contribution in [-0.2, 0) is 4.74 Å². The highest BCUT2D eigenvalue weighted by Crippen LogP contribution is 2.47. The van der Waals surface area contributed by atoms with Crippen LogP contribution < -0.4 is 10.1 Å². The zero-order valence-corrected chi connectivity index (χ0v) is 13.4. The summed E-state index contributed by atoms with van der Waals surface area (Å²) in [5.41, 5.74) is 1.17. The predicted octanol–water partition coefficient (Wildman–Crippen LogP) is 3.84. The third-order valence-corrected chi connectivity index (χ3v) is 5.10. The second-order valence-electron chi connectivity index (χ2n) is 6.72. The number of rotatable bonds is 3. The number of hydrogen-bond acceptors (Lipinski definition) is 3. The summed E-state index contributed by atoms with van der Waals surface area (Å²) in [5, 5.41) is 3.64. The number of fused-ring (bicyclic) bond motifs is 1. The van der Waals surface area contributed by atoms with E-state index in [2.05, 4.69) is 50.4 Å². The summed E-state index contributed by atoms with van der Waals surface area (Å²) in [6.45, 7) is 8.38. The molecular formula is C18H27NO2. The molecule has 0 amide bonds. The second-order valence-corrected chi connectivity index (χ2v) is 6.72. The van der Waals surface area contributed by atoms with E-state index in [4.69, 9.17) is 9.47 Å². The molecule has 21 heavy (non-hydrogen) atoms. The maximum absolute atomic E-state index is 6.51. The molecule has 3 rings (SSSR count). The van der Waals surface area contributed by atoms with Gasteiger partial charge in [-0.25, -0.2) is 0 Å². The van der Waals surface area contributed by atoms with Gasteiger partial charge >= 0.3 is 0 Å². The fraction of sp³-hybridized carbons (Fsp3) is 0.667. The fourth-order valence-corrected chi connectivity index (χ4v) is 3.84. The van der Waals surface area contributed by atoms with E-state index >= 15 is 0 Å². The molecule has 3 heteroatoms. The summed E-state index contributed by atoms with van der Waals surface area (Å²) < 4.78 is 12.5. The molecule has 3 nitrogen and oxygen atoms in total. The van der Waals surface area contributed by atoms with Gasteiger partial charge in [0.05, 0.1) is 12.2 Å². The molecule has 0 saturated carbocycles. The van der Waals surface area contributed by atoms with Gasteiger partial charge in [-0.15, -0.1) is 0 Å². The first-order valence-electron chi connectivity index (χ1n) is 8.25. The largest absolute Gasteiger partial charge is 0.487 e. The SMILES string of the molecule is CCNC1CC2(CCOC(C)(CC)C2)Oc2ccccc21. The zero-order chi connectivity index (χ0) is 14.9. The Hall–Kier alpha value is -1.06. The molecule has 1 spiro atoms. The van der Waals surface area contributed by atoms with E-state index in [0.717, 1.165) is 44.6 Å². The Morgan fingerprint density at radius 2 is 2.10 bits per heavy atom. The third kappa shape index (κ3) is 2.82. The topological polar surface area (TPSA) is 30.5 Å². The standard InChI is InChI=1S/C18H27NO2/c1-4-17(3)13-18(10-11-20-17)12-15(19-5-2)14-8-6-7-9-16(14)21-18/h6-9,15,19H,4-5,10-13H2,1-3H3. The molecule has 2 heterocycles. The van der Waals surface area contributed by atoms with E-state index < -0.39 is 0 Å². The van der Waals surface area contributed by atoms with Gasteiger partial charge < -0.3 is 14.8 Å². The summed E-state index contributed by atoms with van der Waals surface area (Å²) in [7, 11) is 0. The second kappa shape index (κ2) is 5.62. The molecule has 1 saturated heterocycles. The van der Waals surface area contributed by atoms with Crippen LogP contribution in [-0.4, -0.2) is 24.4 Å². The molecule has 1 fully saturated rings. The van der Waals surface area contributed by atoms with E-state index in [9.17, 15) is 0 Å². The van der Waals surface area contributed by atoms with Gasteiger partial charge in [0.15, 0.2) is 0 Å². The Labute approximate surface area is 128 Å². The number of para-hydroxylation sites is 1. The van der Waals surface area contributed by atoms with Crippen molar-refractivity contribution in [3.05, 3.63) is 29.8 Å². The van der Waals surface area contributed by atoms with E-state index in [0.29, 0.717) is 6.04 Å². The molecule has 1 aromatic carbocycles. The van der Waals surface area contributed by atoms with Crippen LogP contribution in [0.4, 0.5) is 0 Å². The first-order valence-corrected chi connectivity index (χ1v) is 8.25. The number of benzene rings is 1. The summed E-state index contributed by atoms with van der Waals surface area (Å²) in [6, 6.07) is 8.86. The number of hydrogen-bond donors (Lipinski definition) is 1. The molecule has 0 aliphatic carbocycles. The van der Waals surface area contributed by atoms with E-state index in [1.54, 1.807) is 0 Å². The van der Waals surface area contributed by atoms with Crippen LogP contribution in [0.15, 0.2) is 24.3 Å². The van der Waals surface area contributed by atoms with Gasteiger partial charge in [0, 0.05) is 30.9 Å². The van der Waals surface area contributed by atoms with E-state index in [1.807, 2.05) is 0 Å². The average Bonchev–Trinajstić information content (AvgIpc) is 2.47. The Morgan fingerprint density at radius 1 is 1.29 bits per heavy atom. The van der Waals surface area contributed by atoms with Crippen molar-refractivity contribution in [1.82, 2.24) is 5.32 Å². The molecule has 0 radical (unpaired) electrons. The van der Waals surface area contributed by atoms with Gasteiger partial charge in [0.25, 0.3) is 0 Å². The molecule has 2 aliphatic rings. The molecular weight excluding hydrogens is 262 g/mol. The lowest BCUT2D eigenvalue weighted by Crippen LogP contribution is -2.53. The number of ether oxygens (including phenoxy) is 2. The Morgan fingerprint density at radius 3 is 2.86 bits per heavy atom. The van der Waals surface area contributed by atoms with Gasteiger partial charge in [0.2, 0.25) is 0 Å². The molecule has 3 atom stereocenters. The molecule has 3 unspecified atom stereocenters. The molecule has 1 aromatic rings. The highest BCUT2D eigenvalue weighted by molar-refractivity contribution is 5.39. The highest BCUT2D eigenvalue weighted by Gasteiger charge is 2.48. The summed E-state index contributed by atoms with van der Waals surface area (Å²) >= 11 is 0. The van der Waals surface area contributed by atoms with Gasteiger partial charge in [-0.2, -0.15) is 0 Å². The highest BCUT2D eigenvalue weighted by atomic mass is 16.5. The predicted molar refractivity (Wildman–Crippen MR) is 84.7 cm³/mol. The number of nitrogens with one attached hydrogen (secondary N) is 1.